The quantitative estimate of drug-likeness (QED) is 0.849. The minimum atomic E-state index is -0.770. The van der Waals surface area contributed by atoms with Gasteiger partial charge in [-0.05, 0) is 32.1 Å². The lowest BCUT2D eigenvalue weighted by Crippen LogP contribution is -2.16. The molecule has 2 rings (SSSR count). The zero-order valence-electron chi connectivity index (χ0n) is 9.86. The molecule has 1 aliphatic rings. The van der Waals surface area contributed by atoms with E-state index in [9.17, 15) is 4.79 Å². The van der Waals surface area contributed by atoms with Gasteiger partial charge in [0.25, 0.3) is 0 Å². The number of carbonyl (C=O) groups is 1. The van der Waals surface area contributed by atoms with E-state index in [-0.39, 0.29) is 0 Å². The van der Waals surface area contributed by atoms with Gasteiger partial charge in [0.2, 0.25) is 0 Å². The van der Waals surface area contributed by atoms with E-state index in [1.165, 1.54) is 18.5 Å². The molecule has 0 aliphatic heterocycles. The molecular formula is C12H18N2O2. The van der Waals surface area contributed by atoms with Gasteiger partial charge in [-0.15, -0.1) is 0 Å². The first kappa shape index (κ1) is 11.2. The Bertz CT molecular complexity index is 409. The molecule has 1 N–H and O–H groups in total. The Labute approximate surface area is 95.3 Å². The van der Waals surface area contributed by atoms with Gasteiger partial charge >= 0.3 is 5.97 Å². The van der Waals surface area contributed by atoms with Crippen LogP contribution in [-0.2, 0) is 24.7 Å². The van der Waals surface area contributed by atoms with Gasteiger partial charge in [0.05, 0.1) is 5.69 Å². The third-order valence-corrected chi connectivity index (χ3v) is 3.43. The summed E-state index contributed by atoms with van der Waals surface area (Å²) in [4.78, 5) is 15.7. The summed E-state index contributed by atoms with van der Waals surface area (Å²) in [7, 11) is 1.94. The highest BCUT2D eigenvalue weighted by Gasteiger charge is 2.26. The smallest absolute Gasteiger partial charge is 0.314 e. The maximum Gasteiger partial charge on any atom is 0.314 e. The second kappa shape index (κ2) is 4.28. The van der Waals surface area contributed by atoms with Crippen molar-refractivity contribution in [3.8, 4) is 0 Å². The van der Waals surface area contributed by atoms with Crippen LogP contribution in [0.25, 0.3) is 0 Å². The first-order chi connectivity index (χ1) is 7.65. The van der Waals surface area contributed by atoms with Gasteiger partial charge in [-0.1, -0.05) is 6.92 Å². The molecular weight excluding hydrogens is 204 g/mol. The van der Waals surface area contributed by atoms with Crippen LogP contribution in [0.5, 0.6) is 0 Å². The molecule has 1 atom stereocenters. The molecule has 0 saturated carbocycles. The second-order valence-corrected chi connectivity index (χ2v) is 4.43. The molecule has 1 aliphatic carbocycles. The zero-order chi connectivity index (χ0) is 11.7. The molecule has 0 fully saturated rings. The number of aliphatic carboxylic acids is 1. The first-order valence-electron chi connectivity index (χ1n) is 5.92. The molecule has 0 bridgehead atoms. The third-order valence-electron chi connectivity index (χ3n) is 3.43. The van der Waals surface area contributed by atoms with E-state index in [1.54, 1.807) is 0 Å². The van der Waals surface area contributed by atoms with Crippen LogP contribution in [0.4, 0.5) is 0 Å². The van der Waals surface area contributed by atoms with Crippen molar-refractivity contribution in [3.05, 3.63) is 17.2 Å². The normalized spacial score (nSPS) is 16.9. The number of carboxylic acids is 1. The Balaban J connectivity index is 2.41. The fraction of sp³-hybridized carbons (Fsp3) is 0.667. The molecule has 1 aromatic heterocycles. The van der Waals surface area contributed by atoms with Crippen molar-refractivity contribution in [2.45, 2.75) is 44.9 Å². The highest BCUT2D eigenvalue weighted by Crippen LogP contribution is 2.26. The van der Waals surface area contributed by atoms with Crippen LogP contribution in [0, 0.1) is 0 Å². The van der Waals surface area contributed by atoms with Gasteiger partial charge in [-0.2, -0.15) is 0 Å². The predicted octanol–water partition coefficient (Wildman–Crippen LogP) is 1.88. The summed E-state index contributed by atoms with van der Waals surface area (Å²) < 4.78 is 2.00. The molecule has 0 radical (unpaired) electrons. The Morgan fingerprint density at radius 3 is 2.75 bits per heavy atom. The molecule has 0 aromatic carbocycles. The van der Waals surface area contributed by atoms with E-state index < -0.39 is 11.9 Å². The van der Waals surface area contributed by atoms with E-state index in [2.05, 4.69) is 4.98 Å². The van der Waals surface area contributed by atoms with E-state index in [4.69, 9.17) is 5.11 Å². The van der Waals surface area contributed by atoms with Crippen LogP contribution in [0.2, 0.25) is 0 Å². The minimum Gasteiger partial charge on any atom is -0.481 e. The van der Waals surface area contributed by atoms with Crippen molar-refractivity contribution in [2.75, 3.05) is 0 Å². The predicted molar refractivity (Wildman–Crippen MR) is 60.5 cm³/mol. The maximum absolute atomic E-state index is 11.1. The highest BCUT2D eigenvalue weighted by atomic mass is 16.4. The third kappa shape index (κ3) is 1.72. The van der Waals surface area contributed by atoms with Crippen LogP contribution in [-0.4, -0.2) is 20.6 Å². The number of aryl methyl sites for hydroxylation is 1. The zero-order valence-corrected chi connectivity index (χ0v) is 9.86. The highest BCUT2D eigenvalue weighted by molar-refractivity contribution is 5.74. The van der Waals surface area contributed by atoms with Gasteiger partial charge < -0.3 is 9.67 Å². The maximum atomic E-state index is 11.1. The largest absolute Gasteiger partial charge is 0.481 e. The van der Waals surface area contributed by atoms with Crippen molar-refractivity contribution >= 4 is 5.97 Å². The van der Waals surface area contributed by atoms with Crippen molar-refractivity contribution in [1.29, 1.82) is 0 Å². The van der Waals surface area contributed by atoms with Gasteiger partial charge in [-0.25, -0.2) is 4.98 Å². The monoisotopic (exact) mass is 222 g/mol. The summed E-state index contributed by atoms with van der Waals surface area (Å²) in [6.07, 6.45) is 5.00. The van der Waals surface area contributed by atoms with E-state index >= 15 is 0 Å². The number of aromatic nitrogens is 2. The number of imidazole rings is 1. The number of hydrogen-bond acceptors (Lipinski definition) is 2. The summed E-state index contributed by atoms with van der Waals surface area (Å²) in [6, 6.07) is 0. The van der Waals surface area contributed by atoms with Gasteiger partial charge in [0.15, 0.2) is 0 Å². The summed E-state index contributed by atoms with van der Waals surface area (Å²) in [5.74, 6) is -0.509. The van der Waals surface area contributed by atoms with Crippen LogP contribution >= 0.6 is 0 Å². The average Bonchev–Trinajstić information content (AvgIpc) is 2.58. The van der Waals surface area contributed by atoms with Crippen LogP contribution in [0.1, 0.15) is 49.3 Å². The Hall–Kier alpha value is -1.32. The lowest BCUT2D eigenvalue weighted by molar-refractivity contribution is -0.139. The first-order valence-corrected chi connectivity index (χ1v) is 5.92. The summed E-state index contributed by atoms with van der Waals surface area (Å²) in [6.45, 7) is 1.90. The molecule has 88 valence electrons. The fourth-order valence-electron chi connectivity index (χ4n) is 2.49. The average molecular weight is 222 g/mol. The molecule has 4 heteroatoms. The molecule has 0 amide bonds. The summed E-state index contributed by atoms with van der Waals surface area (Å²) >= 11 is 0. The number of hydrogen-bond donors (Lipinski definition) is 1. The standard InChI is InChI=1S/C12H18N2O2/c1-3-8(12(15)16)11-13-9-6-4-5-7-10(9)14(11)2/h8H,3-7H2,1-2H3,(H,15,16). The Morgan fingerprint density at radius 1 is 1.50 bits per heavy atom. The van der Waals surface area contributed by atoms with E-state index in [0.29, 0.717) is 6.42 Å². The van der Waals surface area contributed by atoms with Gasteiger partial charge in [-0.3, -0.25) is 4.79 Å². The molecule has 1 unspecified atom stereocenters. The topological polar surface area (TPSA) is 55.1 Å². The Morgan fingerprint density at radius 2 is 2.19 bits per heavy atom. The molecule has 1 heterocycles. The number of nitrogens with zero attached hydrogens (tertiary/aromatic N) is 2. The minimum absolute atomic E-state index is 0.462. The van der Waals surface area contributed by atoms with Crippen LogP contribution in [0.15, 0.2) is 0 Å². The van der Waals surface area contributed by atoms with Crippen molar-refractivity contribution in [3.63, 3.8) is 0 Å². The number of carboxylic acid groups (broad SMARTS) is 1. The van der Waals surface area contributed by atoms with Crippen molar-refractivity contribution < 1.29 is 9.90 Å². The lowest BCUT2D eigenvalue weighted by atomic mass is 10.0. The summed E-state index contributed by atoms with van der Waals surface area (Å²) in [5, 5.41) is 9.16. The van der Waals surface area contributed by atoms with Crippen LogP contribution < -0.4 is 0 Å². The molecule has 4 nitrogen and oxygen atoms in total. The van der Waals surface area contributed by atoms with Gasteiger partial charge in [0, 0.05) is 12.7 Å². The second-order valence-electron chi connectivity index (χ2n) is 4.43. The molecule has 16 heavy (non-hydrogen) atoms. The SMILES string of the molecule is CCC(C(=O)O)c1nc2c(n1C)CCCC2. The van der Waals surface area contributed by atoms with E-state index in [0.717, 1.165) is 24.4 Å². The number of rotatable bonds is 3. The molecule has 0 spiro atoms. The van der Waals surface area contributed by atoms with E-state index in [1.807, 2.05) is 18.5 Å². The lowest BCUT2D eigenvalue weighted by Gasteiger charge is -2.13. The van der Waals surface area contributed by atoms with Crippen LogP contribution in [0.3, 0.4) is 0 Å². The molecule has 1 aromatic rings. The number of fused-ring (bicyclic) bond motifs is 1. The molecule has 0 saturated heterocycles. The van der Waals surface area contributed by atoms with Crippen molar-refractivity contribution in [1.82, 2.24) is 9.55 Å². The fourth-order valence-corrected chi connectivity index (χ4v) is 2.49. The summed E-state index contributed by atoms with van der Waals surface area (Å²) in [5.41, 5.74) is 2.35. The van der Waals surface area contributed by atoms with Gasteiger partial charge in [0.1, 0.15) is 11.7 Å². The van der Waals surface area contributed by atoms with Crippen molar-refractivity contribution in [2.24, 2.45) is 7.05 Å². The Kier molecular flexibility index (Phi) is 2.99.